The molecule has 1 amide bonds. The van der Waals surface area contributed by atoms with Gasteiger partial charge in [-0.1, -0.05) is 18.5 Å². The maximum Gasteiger partial charge on any atom is 0.255 e. The van der Waals surface area contributed by atoms with Crippen LogP contribution in [0.1, 0.15) is 17.3 Å². The molecular formula is C13H15BrClNO3S2. The van der Waals surface area contributed by atoms with Crippen LogP contribution in [0, 0.1) is 0 Å². The predicted octanol–water partition coefficient (Wildman–Crippen LogP) is 3.05. The van der Waals surface area contributed by atoms with Crippen molar-refractivity contribution in [3.63, 3.8) is 0 Å². The minimum Gasteiger partial charge on any atom is -0.320 e. The van der Waals surface area contributed by atoms with Crippen molar-refractivity contribution >= 4 is 55.0 Å². The Morgan fingerprint density at radius 2 is 2.24 bits per heavy atom. The Hall–Kier alpha value is -0.240. The standard InChI is InChI=1S/C13H15BrClNO3S2/c1-2-21(18,19)12-8-20-6-5-16(12)13(17)9-3-4-11(15)10(14)7-9/h3-4,7,12H,2,5-6,8H2,1H3. The zero-order valence-electron chi connectivity index (χ0n) is 11.4. The van der Waals surface area contributed by atoms with Crippen molar-refractivity contribution in [2.45, 2.75) is 12.3 Å². The molecule has 21 heavy (non-hydrogen) atoms. The summed E-state index contributed by atoms with van der Waals surface area (Å²) in [5.74, 6) is 0.939. The fraction of sp³-hybridized carbons (Fsp3) is 0.462. The SMILES string of the molecule is CCS(=O)(=O)C1CSCCN1C(=O)c1ccc(Cl)c(Br)c1. The number of carbonyl (C=O) groups is 1. The summed E-state index contributed by atoms with van der Waals surface area (Å²) in [6.45, 7) is 2.05. The third-order valence-corrected chi connectivity index (χ3v) is 7.83. The lowest BCUT2D eigenvalue weighted by atomic mass is 10.2. The van der Waals surface area contributed by atoms with Crippen molar-refractivity contribution in [3.8, 4) is 0 Å². The lowest BCUT2D eigenvalue weighted by Crippen LogP contribution is -2.50. The molecule has 4 nitrogen and oxygen atoms in total. The summed E-state index contributed by atoms with van der Waals surface area (Å²) >= 11 is 10.8. The van der Waals surface area contributed by atoms with Crippen LogP contribution in [0.25, 0.3) is 0 Å². The van der Waals surface area contributed by atoms with Gasteiger partial charge >= 0.3 is 0 Å². The molecule has 1 heterocycles. The van der Waals surface area contributed by atoms with Gasteiger partial charge in [0.25, 0.3) is 5.91 Å². The van der Waals surface area contributed by atoms with Crippen LogP contribution in [0.5, 0.6) is 0 Å². The van der Waals surface area contributed by atoms with E-state index in [9.17, 15) is 13.2 Å². The first kappa shape index (κ1) is 17.1. The molecule has 0 N–H and O–H groups in total. The number of rotatable bonds is 3. The number of hydrogen-bond acceptors (Lipinski definition) is 4. The lowest BCUT2D eigenvalue weighted by Gasteiger charge is -2.34. The van der Waals surface area contributed by atoms with Crippen molar-refractivity contribution in [1.82, 2.24) is 4.90 Å². The highest BCUT2D eigenvalue weighted by Crippen LogP contribution is 2.27. The van der Waals surface area contributed by atoms with Crippen LogP contribution in [0.2, 0.25) is 5.02 Å². The number of thioether (sulfide) groups is 1. The van der Waals surface area contributed by atoms with Crippen LogP contribution in [0.4, 0.5) is 0 Å². The number of carbonyl (C=O) groups excluding carboxylic acids is 1. The van der Waals surface area contributed by atoms with Crippen molar-refractivity contribution in [1.29, 1.82) is 0 Å². The normalized spacial score (nSPS) is 19.6. The number of benzene rings is 1. The molecule has 2 rings (SSSR count). The van der Waals surface area contributed by atoms with Gasteiger partial charge in [0.1, 0.15) is 5.37 Å². The smallest absolute Gasteiger partial charge is 0.255 e. The van der Waals surface area contributed by atoms with Crippen LogP contribution in [0.15, 0.2) is 22.7 Å². The van der Waals surface area contributed by atoms with Crippen molar-refractivity contribution in [3.05, 3.63) is 33.3 Å². The van der Waals surface area contributed by atoms with E-state index in [2.05, 4.69) is 15.9 Å². The highest BCUT2D eigenvalue weighted by molar-refractivity contribution is 9.10. The number of nitrogens with zero attached hydrogens (tertiary/aromatic N) is 1. The number of sulfone groups is 1. The van der Waals surface area contributed by atoms with Gasteiger partial charge in [-0.3, -0.25) is 4.79 Å². The van der Waals surface area contributed by atoms with E-state index in [1.54, 1.807) is 36.9 Å². The Morgan fingerprint density at radius 3 is 2.86 bits per heavy atom. The average molecular weight is 413 g/mol. The molecule has 0 bridgehead atoms. The summed E-state index contributed by atoms with van der Waals surface area (Å²) in [6, 6.07) is 4.87. The van der Waals surface area contributed by atoms with Gasteiger partial charge in [0.2, 0.25) is 0 Å². The van der Waals surface area contributed by atoms with Gasteiger partial charge in [-0.2, -0.15) is 11.8 Å². The van der Waals surface area contributed by atoms with Crippen LogP contribution < -0.4 is 0 Å². The quantitative estimate of drug-likeness (QED) is 0.765. The zero-order valence-corrected chi connectivity index (χ0v) is 15.4. The Labute approximate surface area is 142 Å². The second-order valence-corrected chi connectivity index (χ2v) is 9.47. The molecule has 0 aromatic heterocycles. The molecule has 1 aliphatic rings. The molecule has 1 fully saturated rings. The maximum absolute atomic E-state index is 12.6. The Morgan fingerprint density at radius 1 is 1.52 bits per heavy atom. The van der Waals surface area contributed by atoms with Crippen molar-refractivity contribution in [2.24, 2.45) is 0 Å². The highest BCUT2D eigenvalue weighted by Gasteiger charge is 2.36. The second kappa shape index (κ2) is 6.89. The van der Waals surface area contributed by atoms with E-state index < -0.39 is 15.2 Å². The van der Waals surface area contributed by atoms with E-state index in [-0.39, 0.29) is 11.7 Å². The third-order valence-electron chi connectivity index (χ3n) is 3.33. The van der Waals surface area contributed by atoms with Crippen LogP contribution in [0.3, 0.4) is 0 Å². The first-order valence-corrected chi connectivity index (χ1v) is 10.5. The molecule has 0 aliphatic carbocycles. The van der Waals surface area contributed by atoms with Crippen LogP contribution in [-0.2, 0) is 9.84 Å². The van der Waals surface area contributed by atoms with E-state index >= 15 is 0 Å². The first-order chi connectivity index (χ1) is 9.86. The Balaban J connectivity index is 2.33. The topological polar surface area (TPSA) is 54.5 Å². The Bertz CT molecular complexity index is 651. The lowest BCUT2D eigenvalue weighted by molar-refractivity contribution is 0.0749. The molecule has 1 unspecified atom stereocenters. The zero-order chi connectivity index (χ0) is 15.6. The van der Waals surface area contributed by atoms with Gasteiger partial charge < -0.3 is 4.90 Å². The third kappa shape index (κ3) is 3.75. The number of amides is 1. The Kier molecular flexibility index (Phi) is 5.62. The monoisotopic (exact) mass is 411 g/mol. The van der Waals surface area contributed by atoms with Gasteiger partial charge in [0.15, 0.2) is 9.84 Å². The van der Waals surface area contributed by atoms with Gasteiger partial charge in [0.05, 0.1) is 5.02 Å². The van der Waals surface area contributed by atoms with Gasteiger partial charge in [-0.25, -0.2) is 8.42 Å². The van der Waals surface area contributed by atoms with E-state index in [1.165, 1.54) is 4.90 Å². The number of hydrogen-bond donors (Lipinski definition) is 0. The van der Waals surface area contributed by atoms with E-state index in [1.807, 2.05) is 0 Å². The maximum atomic E-state index is 12.6. The van der Waals surface area contributed by atoms with Crippen molar-refractivity contribution in [2.75, 3.05) is 23.8 Å². The summed E-state index contributed by atoms with van der Waals surface area (Å²) in [7, 11) is -3.30. The summed E-state index contributed by atoms with van der Waals surface area (Å²) in [6.07, 6.45) is 0. The predicted molar refractivity (Wildman–Crippen MR) is 90.8 cm³/mol. The summed E-state index contributed by atoms with van der Waals surface area (Å²) in [4.78, 5) is 14.1. The molecule has 8 heteroatoms. The first-order valence-electron chi connectivity index (χ1n) is 6.42. The van der Waals surface area contributed by atoms with Gasteiger partial charge in [-0.15, -0.1) is 0 Å². The minimum absolute atomic E-state index is 0.0340. The van der Waals surface area contributed by atoms with E-state index in [0.717, 1.165) is 5.75 Å². The molecule has 116 valence electrons. The molecular weight excluding hydrogens is 398 g/mol. The molecule has 1 aromatic rings. The molecule has 1 saturated heterocycles. The molecule has 0 saturated carbocycles. The summed E-state index contributed by atoms with van der Waals surface area (Å²) < 4.78 is 25.0. The van der Waals surface area contributed by atoms with Gasteiger partial charge in [0, 0.05) is 33.8 Å². The minimum atomic E-state index is -3.30. The molecule has 0 spiro atoms. The van der Waals surface area contributed by atoms with Crippen molar-refractivity contribution < 1.29 is 13.2 Å². The molecule has 1 aliphatic heterocycles. The molecule has 1 aromatic carbocycles. The van der Waals surface area contributed by atoms with E-state index in [4.69, 9.17) is 11.6 Å². The summed E-state index contributed by atoms with van der Waals surface area (Å²) in [5.41, 5.74) is 0.439. The van der Waals surface area contributed by atoms with Crippen LogP contribution >= 0.6 is 39.3 Å². The fourth-order valence-electron chi connectivity index (χ4n) is 2.10. The average Bonchev–Trinajstić information content (AvgIpc) is 2.49. The highest BCUT2D eigenvalue weighted by atomic mass is 79.9. The molecule has 0 radical (unpaired) electrons. The largest absolute Gasteiger partial charge is 0.320 e. The van der Waals surface area contributed by atoms with Crippen LogP contribution in [-0.4, -0.2) is 48.4 Å². The molecule has 1 atom stereocenters. The van der Waals surface area contributed by atoms with E-state index in [0.29, 0.717) is 27.4 Å². The fourth-order valence-corrected chi connectivity index (χ4v) is 5.56. The summed E-state index contributed by atoms with van der Waals surface area (Å²) in [5, 5.41) is -0.235. The van der Waals surface area contributed by atoms with Gasteiger partial charge in [-0.05, 0) is 34.1 Å². The number of halogens is 2. The second-order valence-electron chi connectivity index (χ2n) is 4.61.